The molecule has 0 heterocycles. The van der Waals surface area contributed by atoms with E-state index < -0.39 is 0 Å². The monoisotopic (exact) mass is 341 g/mol. The van der Waals surface area contributed by atoms with Crippen molar-refractivity contribution in [2.75, 3.05) is 6.54 Å². The van der Waals surface area contributed by atoms with E-state index in [-0.39, 0.29) is 5.82 Å². The van der Waals surface area contributed by atoms with Crippen molar-refractivity contribution in [2.24, 2.45) is 11.8 Å². The van der Waals surface area contributed by atoms with Crippen LogP contribution in [0.15, 0.2) is 22.7 Å². The Morgan fingerprint density at radius 3 is 2.60 bits per heavy atom. The first-order valence-corrected chi connectivity index (χ1v) is 8.53. The van der Waals surface area contributed by atoms with Crippen molar-refractivity contribution in [3.63, 3.8) is 0 Å². The Bertz CT molecular complexity index is 433. The third-order valence-electron chi connectivity index (χ3n) is 4.35. The average Bonchev–Trinajstić information content (AvgIpc) is 2.41. The largest absolute Gasteiger partial charge is 0.314 e. The molecule has 1 saturated carbocycles. The van der Waals surface area contributed by atoms with Crippen molar-refractivity contribution in [3.05, 3.63) is 34.1 Å². The highest BCUT2D eigenvalue weighted by molar-refractivity contribution is 9.10. The Morgan fingerprint density at radius 2 is 1.95 bits per heavy atom. The van der Waals surface area contributed by atoms with Gasteiger partial charge in [0, 0.05) is 10.5 Å². The molecule has 0 amide bonds. The van der Waals surface area contributed by atoms with E-state index in [0.717, 1.165) is 29.3 Å². The van der Waals surface area contributed by atoms with E-state index >= 15 is 0 Å². The maximum Gasteiger partial charge on any atom is 0.124 e. The van der Waals surface area contributed by atoms with Gasteiger partial charge in [-0.05, 0) is 55.3 Å². The lowest BCUT2D eigenvalue weighted by molar-refractivity contribution is 0.224. The minimum atomic E-state index is -0.165. The molecule has 20 heavy (non-hydrogen) atoms. The highest BCUT2D eigenvalue weighted by Crippen LogP contribution is 2.34. The molecule has 0 saturated heterocycles. The van der Waals surface area contributed by atoms with Crippen LogP contribution in [-0.4, -0.2) is 12.6 Å². The van der Waals surface area contributed by atoms with Crippen molar-refractivity contribution in [1.29, 1.82) is 0 Å². The summed E-state index contributed by atoms with van der Waals surface area (Å²) in [4.78, 5) is 0. The summed E-state index contributed by atoms with van der Waals surface area (Å²) in [6.07, 6.45) is 6.37. The van der Waals surface area contributed by atoms with Gasteiger partial charge in [-0.2, -0.15) is 0 Å². The maximum absolute atomic E-state index is 13.2. The fourth-order valence-electron chi connectivity index (χ4n) is 3.18. The molecule has 1 nitrogen and oxygen atoms in total. The predicted octanol–water partition coefficient (Wildman–Crippen LogP) is 4.94. The zero-order valence-corrected chi connectivity index (χ0v) is 14.0. The Labute approximate surface area is 130 Å². The first-order chi connectivity index (χ1) is 9.56. The van der Waals surface area contributed by atoms with E-state index in [1.807, 2.05) is 6.07 Å². The lowest BCUT2D eigenvalue weighted by atomic mass is 9.76. The average molecular weight is 342 g/mol. The molecule has 3 heteroatoms. The molecule has 1 aliphatic carbocycles. The fraction of sp³-hybridized carbons (Fsp3) is 0.647. The van der Waals surface area contributed by atoms with Gasteiger partial charge < -0.3 is 5.32 Å². The van der Waals surface area contributed by atoms with Gasteiger partial charge in [0.1, 0.15) is 5.82 Å². The van der Waals surface area contributed by atoms with Crippen LogP contribution in [0, 0.1) is 17.7 Å². The summed E-state index contributed by atoms with van der Waals surface area (Å²) < 4.78 is 14.1. The second-order valence-electron chi connectivity index (χ2n) is 6.31. The first-order valence-electron chi connectivity index (χ1n) is 7.73. The normalized spacial score (nSPS) is 23.2. The molecule has 2 atom stereocenters. The molecule has 1 aromatic carbocycles. The lowest BCUT2D eigenvalue weighted by Crippen LogP contribution is -2.35. The molecule has 112 valence electrons. The van der Waals surface area contributed by atoms with Gasteiger partial charge in [-0.15, -0.1) is 0 Å². The molecule has 1 aliphatic rings. The van der Waals surface area contributed by atoms with Crippen molar-refractivity contribution in [1.82, 2.24) is 5.32 Å². The molecule has 0 spiro atoms. The van der Waals surface area contributed by atoms with Crippen molar-refractivity contribution in [2.45, 2.75) is 52.0 Å². The summed E-state index contributed by atoms with van der Waals surface area (Å²) in [7, 11) is 0. The molecule has 2 unspecified atom stereocenters. The second kappa shape index (κ2) is 7.56. The molecule has 0 radical (unpaired) electrons. The van der Waals surface area contributed by atoms with Crippen molar-refractivity contribution >= 4 is 15.9 Å². The summed E-state index contributed by atoms with van der Waals surface area (Å²) in [5.74, 6) is 1.31. The predicted molar refractivity (Wildman–Crippen MR) is 86.4 cm³/mol. The molecular weight excluding hydrogens is 317 g/mol. The molecule has 1 fully saturated rings. The summed E-state index contributed by atoms with van der Waals surface area (Å²) in [5.41, 5.74) is 1.24. The number of nitrogens with one attached hydrogen (secondary N) is 1. The Hall–Kier alpha value is -0.410. The summed E-state index contributed by atoms with van der Waals surface area (Å²) in [5, 5.41) is 3.58. The molecule has 0 aromatic heterocycles. The summed E-state index contributed by atoms with van der Waals surface area (Å²) in [6.45, 7) is 5.52. The second-order valence-corrected chi connectivity index (χ2v) is 7.16. The minimum Gasteiger partial charge on any atom is -0.314 e. The quantitative estimate of drug-likeness (QED) is 0.800. The van der Waals surface area contributed by atoms with Gasteiger partial charge in [-0.3, -0.25) is 0 Å². The molecule has 0 aliphatic heterocycles. The van der Waals surface area contributed by atoms with Gasteiger partial charge in [0.2, 0.25) is 0 Å². The SMILES string of the molecule is CC(C)NCC1CCCCC1Cc1ccc(F)cc1Br. The zero-order chi connectivity index (χ0) is 14.5. The number of hydrogen-bond acceptors (Lipinski definition) is 1. The van der Waals surface area contributed by atoms with Gasteiger partial charge in [0.25, 0.3) is 0 Å². The fourth-order valence-corrected chi connectivity index (χ4v) is 3.69. The highest BCUT2D eigenvalue weighted by Gasteiger charge is 2.25. The van der Waals surface area contributed by atoms with Crippen molar-refractivity contribution < 1.29 is 4.39 Å². The van der Waals surface area contributed by atoms with Gasteiger partial charge in [0.15, 0.2) is 0 Å². The molecular formula is C17H25BrFN. The summed E-state index contributed by atoms with van der Waals surface area (Å²) >= 11 is 3.50. The van der Waals surface area contributed by atoms with E-state index in [1.165, 1.54) is 31.2 Å². The third kappa shape index (κ3) is 4.56. The van der Waals surface area contributed by atoms with Gasteiger partial charge in [-0.1, -0.05) is 48.7 Å². The van der Waals surface area contributed by atoms with Crippen molar-refractivity contribution in [3.8, 4) is 0 Å². The number of rotatable bonds is 5. The molecule has 0 bridgehead atoms. The number of benzene rings is 1. The summed E-state index contributed by atoms with van der Waals surface area (Å²) in [6, 6.07) is 5.64. The molecule has 2 rings (SSSR count). The van der Waals surface area contributed by atoms with Gasteiger partial charge in [0.05, 0.1) is 0 Å². The van der Waals surface area contributed by atoms with Crippen LogP contribution in [0.2, 0.25) is 0 Å². The van der Waals surface area contributed by atoms with Crippen LogP contribution in [0.25, 0.3) is 0 Å². The van der Waals surface area contributed by atoms with Crippen LogP contribution in [0.3, 0.4) is 0 Å². The van der Waals surface area contributed by atoms with Gasteiger partial charge >= 0.3 is 0 Å². The minimum absolute atomic E-state index is 0.165. The first kappa shape index (κ1) is 16.0. The number of hydrogen-bond donors (Lipinski definition) is 1. The standard InChI is InChI=1S/C17H25BrFN/c1-12(2)20-11-15-6-4-3-5-13(15)9-14-7-8-16(19)10-17(14)18/h7-8,10,12-13,15,20H,3-6,9,11H2,1-2H3. The van der Waals surface area contributed by atoms with E-state index in [0.29, 0.717) is 6.04 Å². The van der Waals surface area contributed by atoms with Crippen LogP contribution in [0.1, 0.15) is 45.1 Å². The number of halogens is 2. The van der Waals surface area contributed by atoms with Crippen LogP contribution in [0.4, 0.5) is 4.39 Å². The van der Waals surface area contributed by atoms with E-state index in [4.69, 9.17) is 0 Å². The Balaban J connectivity index is 2.00. The Morgan fingerprint density at radius 1 is 1.25 bits per heavy atom. The van der Waals surface area contributed by atoms with E-state index in [2.05, 4.69) is 35.1 Å². The Kier molecular flexibility index (Phi) is 6.03. The van der Waals surface area contributed by atoms with E-state index in [9.17, 15) is 4.39 Å². The zero-order valence-electron chi connectivity index (χ0n) is 12.5. The van der Waals surface area contributed by atoms with E-state index in [1.54, 1.807) is 12.1 Å². The van der Waals surface area contributed by atoms with Crippen LogP contribution < -0.4 is 5.32 Å². The smallest absolute Gasteiger partial charge is 0.124 e. The highest BCUT2D eigenvalue weighted by atomic mass is 79.9. The maximum atomic E-state index is 13.2. The molecule has 1 aromatic rings. The van der Waals surface area contributed by atoms with Gasteiger partial charge in [-0.25, -0.2) is 4.39 Å². The molecule has 1 N–H and O–H groups in total. The van der Waals surface area contributed by atoms with Crippen LogP contribution in [-0.2, 0) is 6.42 Å². The third-order valence-corrected chi connectivity index (χ3v) is 5.09. The topological polar surface area (TPSA) is 12.0 Å². The van der Waals surface area contributed by atoms with Crippen LogP contribution in [0.5, 0.6) is 0 Å². The van der Waals surface area contributed by atoms with Crippen LogP contribution >= 0.6 is 15.9 Å². The lowest BCUT2D eigenvalue weighted by Gasteiger charge is -2.32.